The predicted molar refractivity (Wildman–Crippen MR) is 78.0 cm³/mol. The normalized spacial score (nSPS) is 18.1. The van der Waals surface area contributed by atoms with Crippen molar-refractivity contribution in [3.63, 3.8) is 0 Å². The second-order valence-electron chi connectivity index (χ2n) is 5.40. The lowest BCUT2D eigenvalue weighted by Gasteiger charge is -2.36. The number of ether oxygens (including phenoxy) is 1. The molecular formula is C14H22ClN3O. The van der Waals surface area contributed by atoms with Crippen LogP contribution in [0.3, 0.4) is 0 Å². The fourth-order valence-electron chi connectivity index (χ4n) is 2.75. The minimum absolute atomic E-state index is 0.213. The third kappa shape index (κ3) is 3.30. The second kappa shape index (κ2) is 6.42. The highest BCUT2D eigenvalue weighted by molar-refractivity contribution is 6.18. The predicted octanol–water partition coefficient (Wildman–Crippen LogP) is 3.39. The summed E-state index contributed by atoms with van der Waals surface area (Å²) in [6.07, 6.45) is 7.82. The summed E-state index contributed by atoms with van der Waals surface area (Å²) in [7, 11) is 1.63. The van der Waals surface area contributed by atoms with Gasteiger partial charge in [-0.15, -0.1) is 11.6 Å². The Labute approximate surface area is 119 Å². The van der Waals surface area contributed by atoms with E-state index in [2.05, 4.69) is 15.3 Å². The van der Waals surface area contributed by atoms with Crippen molar-refractivity contribution in [1.82, 2.24) is 9.97 Å². The van der Waals surface area contributed by atoms with Crippen LogP contribution in [0.5, 0.6) is 5.88 Å². The first-order valence-corrected chi connectivity index (χ1v) is 7.40. The molecule has 1 fully saturated rings. The molecule has 0 aliphatic heterocycles. The third-order valence-electron chi connectivity index (χ3n) is 4.06. The minimum atomic E-state index is 0.213. The number of halogens is 1. The monoisotopic (exact) mass is 283 g/mol. The molecule has 0 bridgehead atoms. The molecule has 1 heterocycles. The third-order valence-corrected chi connectivity index (χ3v) is 4.63. The molecule has 5 heteroatoms. The largest absolute Gasteiger partial charge is 0.481 e. The smallest absolute Gasteiger partial charge is 0.221 e. The van der Waals surface area contributed by atoms with E-state index in [9.17, 15) is 0 Å². The molecule has 0 aromatic carbocycles. The maximum Gasteiger partial charge on any atom is 0.221 e. The number of rotatable bonds is 5. The van der Waals surface area contributed by atoms with Crippen LogP contribution in [-0.2, 0) is 0 Å². The van der Waals surface area contributed by atoms with Crippen LogP contribution < -0.4 is 10.1 Å². The quantitative estimate of drug-likeness (QED) is 0.842. The van der Waals surface area contributed by atoms with E-state index in [-0.39, 0.29) is 5.41 Å². The maximum atomic E-state index is 6.20. The van der Waals surface area contributed by atoms with Gasteiger partial charge in [0.15, 0.2) is 0 Å². The average molecular weight is 284 g/mol. The average Bonchev–Trinajstić information content (AvgIpc) is 2.47. The Morgan fingerprint density at radius 1 is 1.32 bits per heavy atom. The number of methoxy groups -OCH3 is 1. The first-order valence-electron chi connectivity index (χ1n) is 6.86. The van der Waals surface area contributed by atoms with Gasteiger partial charge in [-0.1, -0.05) is 19.3 Å². The van der Waals surface area contributed by atoms with E-state index in [1.165, 1.54) is 38.4 Å². The fraction of sp³-hybridized carbons (Fsp3) is 0.714. The zero-order valence-corrected chi connectivity index (χ0v) is 12.5. The van der Waals surface area contributed by atoms with Gasteiger partial charge in [-0.2, -0.15) is 0 Å². The van der Waals surface area contributed by atoms with Crippen LogP contribution in [0.4, 0.5) is 5.82 Å². The van der Waals surface area contributed by atoms with E-state index in [1.807, 2.05) is 6.92 Å². The summed E-state index contributed by atoms with van der Waals surface area (Å²) < 4.78 is 5.21. The summed E-state index contributed by atoms with van der Waals surface area (Å²) >= 11 is 6.20. The highest BCUT2D eigenvalue weighted by Crippen LogP contribution is 2.37. The van der Waals surface area contributed by atoms with E-state index < -0.39 is 0 Å². The van der Waals surface area contributed by atoms with Crippen LogP contribution in [0, 0.1) is 12.3 Å². The second-order valence-corrected chi connectivity index (χ2v) is 5.67. The van der Waals surface area contributed by atoms with E-state index >= 15 is 0 Å². The molecule has 0 atom stereocenters. The minimum Gasteiger partial charge on any atom is -0.481 e. The van der Waals surface area contributed by atoms with Gasteiger partial charge in [0.25, 0.3) is 0 Å². The van der Waals surface area contributed by atoms with Crippen molar-refractivity contribution in [2.45, 2.75) is 39.0 Å². The lowest BCUT2D eigenvalue weighted by atomic mass is 9.75. The number of aromatic nitrogens is 2. The van der Waals surface area contributed by atoms with Gasteiger partial charge in [0.05, 0.1) is 12.7 Å². The van der Waals surface area contributed by atoms with Crippen LogP contribution in [-0.4, -0.2) is 29.5 Å². The van der Waals surface area contributed by atoms with E-state index in [1.54, 1.807) is 7.11 Å². The Bertz CT molecular complexity index is 419. The van der Waals surface area contributed by atoms with Crippen LogP contribution >= 0.6 is 11.6 Å². The molecule has 0 spiro atoms. The van der Waals surface area contributed by atoms with Crippen molar-refractivity contribution < 1.29 is 4.74 Å². The van der Waals surface area contributed by atoms with Crippen molar-refractivity contribution in [1.29, 1.82) is 0 Å². The number of hydrogen-bond donors (Lipinski definition) is 1. The van der Waals surface area contributed by atoms with Gasteiger partial charge in [-0.25, -0.2) is 9.97 Å². The number of nitrogens with one attached hydrogen (secondary N) is 1. The molecule has 19 heavy (non-hydrogen) atoms. The van der Waals surface area contributed by atoms with Gasteiger partial charge in [0, 0.05) is 17.8 Å². The standard InChI is InChI=1S/C14H22ClN3O/c1-11-12(17-10-18-13(11)19-2)16-9-14(8-15)6-4-3-5-7-14/h10H,3-9H2,1-2H3,(H,16,17,18). The Kier molecular flexibility index (Phi) is 4.86. The van der Waals surface area contributed by atoms with Crippen LogP contribution in [0.2, 0.25) is 0 Å². The summed E-state index contributed by atoms with van der Waals surface area (Å²) in [4.78, 5) is 8.38. The van der Waals surface area contributed by atoms with Crippen molar-refractivity contribution in [2.24, 2.45) is 5.41 Å². The summed E-state index contributed by atoms with van der Waals surface area (Å²) in [5.41, 5.74) is 1.16. The van der Waals surface area contributed by atoms with Gasteiger partial charge in [-0.05, 0) is 19.8 Å². The van der Waals surface area contributed by atoms with Gasteiger partial charge < -0.3 is 10.1 Å². The number of nitrogens with zero attached hydrogens (tertiary/aromatic N) is 2. The SMILES string of the molecule is COc1ncnc(NCC2(CCl)CCCCC2)c1C. The summed E-state index contributed by atoms with van der Waals surface area (Å²) in [5, 5.41) is 3.43. The Balaban J connectivity index is 2.05. The van der Waals surface area contributed by atoms with Gasteiger partial charge in [0.2, 0.25) is 5.88 Å². The highest BCUT2D eigenvalue weighted by Gasteiger charge is 2.31. The molecule has 0 radical (unpaired) electrons. The Morgan fingerprint density at radius 2 is 2.05 bits per heavy atom. The van der Waals surface area contributed by atoms with Crippen LogP contribution in [0.1, 0.15) is 37.7 Å². The molecule has 1 aliphatic rings. The molecular weight excluding hydrogens is 262 g/mol. The molecule has 0 saturated heterocycles. The first kappa shape index (κ1) is 14.4. The maximum absolute atomic E-state index is 6.20. The summed E-state index contributed by atoms with van der Waals surface area (Å²) in [6.45, 7) is 2.84. The van der Waals surface area contributed by atoms with Gasteiger partial charge in [-0.3, -0.25) is 0 Å². The molecule has 106 valence electrons. The highest BCUT2D eigenvalue weighted by atomic mass is 35.5. The lowest BCUT2D eigenvalue weighted by Crippen LogP contribution is -2.34. The molecule has 1 aliphatic carbocycles. The zero-order chi connectivity index (χ0) is 13.7. The molecule has 1 saturated carbocycles. The van der Waals surface area contributed by atoms with E-state index in [4.69, 9.17) is 16.3 Å². The van der Waals surface area contributed by atoms with E-state index in [0.29, 0.717) is 11.8 Å². The van der Waals surface area contributed by atoms with Gasteiger partial charge in [0.1, 0.15) is 12.1 Å². The Morgan fingerprint density at radius 3 is 2.68 bits per heavy atom. The fourth-order valence-corrected chi connectivity index (χ4v) is 3.11. The lowest BCUT2D eigenvalue weighted by molar-refractivity contribution is 0.238. The van der Waals surface area contributed by atoms with Gasteiger partial charge >= 0.3 is 0 Å². The Hall–Kier alpha value is -1.03. The van der Waals surface area contributed by atoms with Crippen molar-refractivity contribution in [3.8, 4) is 5.88 Å². The first-order chi connectivity index (χ1) is 9.21. The van der Waals surface area contributed by atoms with Crippen molar-refractivity contribution in [2.75, 3.05) is 24.9 Å². The van der Waals surface area contributed by atoms with Crippen LogP contribution in [0.25, 0.3) is 0 Å². The molecule has 0 amide bonds. The summed E-state index contributed by atoms with van der Waals surface area (Å²) in [5.74, 6) is 2.18. The number of anilines is 1. The molecule has 2 rings (SSSR count). The number of alkyl halides is 1. The summed E-state index contributed by atoms with van der Waals surface area (Å²) in [6, 6.07) is 0. The molecule has 1 N–H and O–H groups in total. The van der Waals surface area contributed by atoms with E-state index in [0.717, 1.165) is 17.9 Å². The van der Waals surface area contributed by atoms with Crippen LogP contribution in [0.15, 0.2) is 6.33 Å². The number of hydrogen-bond acceptors (Lipinski definition) is 4. The molecule has 4 nitrogen and oxygen atoms in total. The zero-order valence-electron chi connectivity index (χ0n) is 11.7. The molecule has 0 unspecified atom stereocenters. The topological polar surface area (TPSA) is 47.0 Å². The van der Waals surface area contributed by atoms with Crippen molar-refractivity contribution >= 4 is 17.4 Å². The molecule has 1 aromatic heterocycles. The molecule has 1 aromatic rings. The van der Waals surface area contributed by atoms with Crippen molar-refractivity contribution in [3.05, 3.63) is 11.9 Å².